The number of nitrogens with zero attached hydrogens (tertiary/aromatic N) is 2. The molecule has 1 amide bonds. The van der Waals surface area contributed by atoms with Crippen LogP contribution in [0.25, 0.3) is 0 Å². The van der Waals surface area contributed by atoms with Gasteiger partial charge in [-0.15, -0.1) is 0 Å². The average Bonchev–Trinajstić information content (AvgIpc) is 2.96. The van der Waals surface area contributed by atoms with Crippen LogP contribution in [0, 0.1) is 13.8 Å². The van der Waals surface area contributed by atoms with E-state index in [2.05, 4.69) is 33.9 Å². The van der Waals surface area contributed by atoms with Crippen LogP contribution in [0.4, 0.5) is 5.69 Å². The number of anilines is 1. The highest BCUT2D eigenvalue weighted by Crippen LogP contribution is 2.30. The monoisotopic (exact) mass is 573 g/mol. The molecule has 40 heavy (non-hydrogen) atoms. The molecular formula is C32H32ClN3O3S. The highest BCUT2D eigenvalue weighted by Gasteiger charge is 2.29. The van der Waals surface area contributed by atoms with Gasteiger partial charge in [-0.1, -0.05) is 78.3 Å². The number of halogens is 1. The molecular weight excluding hydrogens is 542 g/mol. The van der Waals surface area contributed by atoms with Crippen molar-refractivity contribution in [2.45, 2.75) is 24.8 Å². The standard InChI is InChI=1S/C32H32ClN3O3S/c1-23-13-15-28(21-24(23)2)34-40(38,39)30-22-27(14-16-29(30)33)32(37)36-19-17-35(18-20-36)31(25-9-5-3-6-10-25)26-11-7-4-8-12-26/h3-16,21-22,31,34H,17-20H2,1-2H3. The van der Waals surface area contributed by atoms with Gasteiger partial charge in [-0.25, -0.2) is 8.42 Å². The van der Waals surface area contributed by atoms with E-state index in [-0.39, 0.29) is 21.9 Å². The van der Waals surface area contributed by atoms with Crippen LogP contribution in [0.3, 0.4) is 0 Å². The van der Waals surface area contributed by atoms with E-state index in [1.54, 1.807) is 23.1 Å². The van der Waals surface area contributed by atoms with Crippen LogP contribution in [0.5, 0.6) is 0 Å². The number of rotatable bonds is 7. The summed E-state index contributed by atoms with van der Waals surface area (Å²) in [6.07, 6.45) is 0. The molecule has 0 spiro atoms. The maximum Gasteiger partial charge on any atom is 0.263 e. The van der Waals surface area contributed by atoms with Crippen LogP contribution < -0.4 is 4.72 Å². The molecule has 1 N–H and O–H groups in total. The average molecular weight is 574 g/mol. The Balaban J connectivity index is 1.32. The van der Waals surface area contributed by atoms with Gasteiger partial charge in [0.1, 0.15) is 4.90 Å². The lowest BCUT2D eigenvalue weighted by molar-refractivity contribution is 0.0597. The Hall–Kier alpha value is -3.65. The van der Waals surface area contributed by atoms with Gasteiger partial charge in [0.2, 0.25) is 0 Å². The maximum atomic E-state index is 13.5. The lowest BCUT2D eigenvalue weighted by Gasteiger charge is -2.39. The molecule has 0 atom stereocenters. The summed E-state index contributed by atoms with van der Waals surface area (Å²) in [7, 11) is -4.00. The fourth-order valence-electron chi connectivity index (χ4n) is 5.11. The van der Waals surface area contributed by atoms with Gasteiger partial charge in [-0.2, -0.15) is 0 Å². The summed E-state index contributed by atoms with van der Waals surface area (Å²) < 4.78 is 29.1. The molecule has 0 unspecified atom stereocenters. The number of benzene rings is 4. The minimum absolute atomic E-state index is 0.0614. The third kappa shape index (κ3) is 6.07. The Kier molecular flexibility index (Phi) is 8.26. The number of carbonyl (C=O) groups is 1. The molecule has 1 fully saturated rings. The van der Waals surface area contributed by atoms with E-state index in [9.17, 15) is 13.2 Å². The second kappa shape index (κ2) is 11.8. The minimum atomic E-state index is -4.00. The third-order valence-corrected chi connectivity index (χ3v) is 9.29. The summed E-state index contributed by atoms with van der Waals surface area (Å²) in [5.41, 5.74) is 5.18. The van der Waals surface area contributed by atoms with Crippen molar-refractivity contribution < 1.29 is 13.2 Å². The van der Waals surface area contributed by atoms with Crippen LogP contribution in [0.1, 0.15) is 38.7 Å². The molecule has 0 saturated carbocycles. The Morgan fingerprint density at radius 1 is 0.775 bits per heavy atom. The second-order valence-corrected chi connectivity index (χ2v) is 12.2. The minimum Gasteiger partial charge on any atom is -0.336 e. The quantitative estimate of drug-likeness (QED) is 0.281. The molecule has 4 aromatic rings. The van der Waals surface area contributed by atoms with Crippen molar-refractivity contribution in [1.82, 2.24) is 9.80 Å². The van der Waals surface area contributed by atoms with Crippen molar-refractivity contribution in [2.24, 2.45) is 0 Å². The number of amides is 1. The van der Waals surface area contributed by atoms with Gasteiger partial charge in [0.25, 0.3) is 15.9 Å². The Morgan fingerprint density at radius 3 is 1.95 bits per heavy atom. The van der Waals surface area contributed by atoms with Gasteiger partial charge in [-0.3, -0.25) is 14.4 Å². The first-order valence-corrected chi connectivity index (χ1v) is 15.1. The second-order valence-electron chi connectivity index (χ2n) is 10.1. The maximum absolute atomic E-state index is 13.5. The summed E-state index contributed by atoms with van der Waals surface area (Å²) in [6.45, 7) is 6.31. The third-order valence-electron chi connectivity index (χ3n) is 7.42. The summed E-state index contributed by atoms with van der Waals surface area (Å²) in [4.78, 5) is 17.5. The Morgan fingerprint density at radius 2 is 1.38 bits per heavy atom. The van der Waals surface area contributed by atoms with E-state index >= 15 is 0 Å². The normalized spacial score (nSPS) is 14.3. The highest BCUT2D eigenvalue weighted by atomic mass is 35.5. The van der Waals surface area contributed by atoms with Crippen LogP contribution in [-0.2, 0) is 10.0 Å². The summed E-state index contributed by atoms with van der Waals surface area (Å²) >= 11 is 6.31. The van der Waals surface area contributed by atoms with E-state index in [4.69, 9.17) is 11.6 Å². The number of aryl methyl sites for hydroxylation is 2. The van der Waals surface area contributed by atoms with Gasteiger partial charge in [0.15, 0.2) is 0 Å². The number of nitrogens with one attached hydrogen (secondary N) is 1. The first kappa shape index (κ1) is 27.9. The number of hydrogen-bond acceptors (Lipinski definition) is 4. The zero-order valence-electron chi connectivity index (χ0n) is 22.5. The number of piperazine rings is 1. The van der Waals surface area contributed by atoms with Crippen molar-refractivity contribution in [1.29, 1.82) is 0 Å². The van der Waals surface area contributed by atoms with Gasteiger partial charge in [0, 0.05) is 37.4 Å². The SMILES string of the molecule is Cc1ccc(NS(=O)(=O)c2cc(C(=O)N3CCN(C(c4ccccc4)c4ccccc4)CC3)ccc2Cl)cc1C. The van der Waals surface area contributed by atoms with Gasteiger partial charge in [-0.05, 0) is 66.4 Å². The smallest absolute Gasteiger partial charge is 0.263 e. The fourth-order valence-corrected chi connectivity index (χ4v) is 6.68. The predicted molar refractivity (Wildman–Crippen MR) is 160 cm³/mol. The topological polar surface area (TPSA) is 69.7 Å². The molecule has 206 valence electrons. The molecule has 0 bridgehead atoms. The van der Waals surface area contributed by atoms with Gasteiger partial charge >= 0.3 is 0 Å². The van der Waals surface area contributed by atoms with Crippen molar-refractivity contribution in [3.05, 3.63) is 130 Å². The van der Waals surface area contributed by atoms with E-state index in [0.717, 1.165) is 11.1 Å². The van der Waals surface area contributed by atoms with E-state index in [0.29, 0.717) is 37.4 Å². The molecule has 1 aliphatic rings. The number of sulfonamides is 1. The van der Waals surface area contributed by atoms with Crippen molar-refractivity contribution >= 4 is 33.2 Å². The zero-order valence-corrected chi connectivity index (χ0v) is 24.1. The van der Waals surface area contributed by atoms with Crippen LogP contribution in [-0.4, -0.2) is 50.3 Å². The molecule has 0 aliphatic carbocycles. The molecule has 6 nitrogen and oxygen atoms in total. The van der Waals surface area contributed by atoms with E-state index in [1.807, 2.05) is 56.3 Å². The van der Waals surface area contributed by atoms with Crippen LogP contribution in [0.2, 0.25) is 5.02 Å². The number of carbonyl (C=O) groups excluding carboxylic acids is 1. The number of hydrogen-bond donors (Lipinski definition) is 1. The molecule has 0 aromatic heterocycles. The Bertz CT molecular complexity index is 1560. The molecule has 1 heterocycles. The van der Waals surface area contributed by atoms with Gasteiger partial charge < -0.3 is 4.90 Å². The van der Waals surface area contributed by atoms with E-state index < -0.39 is 10.0 Å². The summed E-state index contributed by atoms with van der Waals surface area (Å²) in [5.74, 6) is -0.213. The van der Waals surface area contributed by atoms with Crippen molar-refractivity contribution in [3.63, 3.8) is 0 Å². The largest absolute Gasteiger partial charge is 0.336 e. The fraction of sp³-hybridized carbons (Fsp3) is 0.219. The van der Waals surface area contributed by atoms with E-state index in [1.165, 1.54) is 23.3 Å². The first-order chi connectivity index (χ1) is 19.2. The molecule has 8 heteroatoms. The first-order valence-electron chi connectivity index (χ1n) is 13.3. The Labute approximate surface area is 241 Å². The summed E-state index contributed by atoms with van der Waals surface area (Å²) in [6, 6.07) is 30.6. The van der Waals surface area contributed by atoms with Crippen LogP contribution >= 0.6 is 11.6 Å². The molecule has 1 aliphatic heterocycles. The molecule has 5 rings (SSSR count). The lowest BCUT2D eigenvalue weighted by Crippen LogP contribution is -2.49. The predicted octanol–water partition coefficient (Wildman–Crippen LogP) is 6.31. The summed E-state index contributed by atoms with van der Waals surface area (Å²) in [5, 5.41) is 0.0614. The highest BCUT2D eigenvalue weighted by molar-refractivity contribution is 7.92. The molecule has 1 saturated heterocycles. The van der Waals surface area contributed by atoms with Crippen molar-refractivity contribution in [2.75, 3.05) is 30.9 Å². The zero-order chi connectivity index (χ0) is 28.3. The van der Waals surface area contributed by atoms with Gasteiger partial charge in [0.05, 0.1) is 11.1 Å². The van der Waals surface area contributed by atoms with Crippen LogP contribution in [0.15, 0.2) is 102 Å². The molecule has 0 radical (unpaired) electrons. The molecule has 4 aromatic carbocycles. The van der Waals surface area contributed by atoms with Crippen molar-refractivity contribution in [3.8, 4) is 0 Å². The lowest BCUT2D eigenvalue weighted by atomic mass is 9.96.